The Morgan fingerprint density at radius 2 is 1.89 bits per heavy atom. The molecule has 0 saturated carbocycles. The fraction of sp³-hybridized carbons (Fsp3) is 0.857. The average molecular weight is 273 g/mol. The Morgan fingerprint density at radius 1 is 1.32 bits per heavy atom. The summed E-state index contributed by atoms with van der Waals surface area (Å²) in [6.07, 6.45) is 2.33. The Labute approximate surface area is 115 Å². The number of nitrogens with one attached hydrogen (secondary N) is 1. The highest BCUT2D eigenvalue weighted by atomic mass is 16.6. The fourth-order valence-corrected chi connectivity index (χ4v) is 1.77. The van der Waals surface area contributed by atoms with Gasteiger partial charge in [0.25, 0.3) is 0 Å². The van der Waals surface area contributed by atoms with Gasteiger partial charge in [0.05, 0.1) is 6.42 Å². The van der Waals surface area contributed by atoms with E-state index in [4.69, 9.17) is 9.84 Å². The molecule has 0 unspecified atom stereocenters. The third-order valence-corrected chi connectivity index (χ3v) is 2.80. The first-order valence-electron chi connectivity index (χ1n) is 6.87. The molecule has 19 heavy (non-hydrogen) atoms. The molecule has 0 spiro atoms. The molecule has 2 N–H and O–H groups in total. The van der Waals surface area contributed by atoms with E-state index >= 15 is 0 Å². The molecule has 0 rings (SSSR count). The number of alkyl carbamates (subject to hydrolysis) is 1. The molecule has 0 aliphatic carbocycles. The molecule has 0 heterocycles. The molecule has 0 aromatic heterocycles. The molecule has 112 valence electrons. The third-order valence-electron chi connectivity index (χ3n) is 2.80. The average Bonchev–Trinajstić information content (AvgIpc) is 2.21. The van der Waals surface area contributed by atoms with Crippen molar-refractivity contribution in [3.63, 3.8) is 0 Å². The van der Waals surface area contributed by atoms with Crippen LogP contribution in [0.25, 0.3) is 0 Å². The standard InChI is InChI=1S/C14H27NO4/c1-6-7-8-10(2)11(9-12(16)17)15-13(18)19-14(3,4)5/h10-11H,6-9H2,1-5H3,(H,15,18)(H,16,17)/t10-,11-/m0/s1. The lowest BCUT2D eigenvalue weighted by Crippen LogP contribution is -2.43. The molecule has 0 saturated heterocycles. The molecule has 0 aliphatic heterocycles. The van der Waals surface area contributed by atoms with Crippen LogP contribution in [-0.2, 0) is 9.53 Å². The second-order valence-corrected chi connectivity index (χ2v) is 5.97. The van der Waals surface area contributed by atoms with Gasteiger partial charge in [-0.1, -0.05) is 26.7 Å². The molecule has 5 nitrogen and oxygen atoms in total. The Balaban J connectivity index is 4.49. The molecule has 0 bridgehead atoms. The number of rotatable bonds is 7. The monoisotopic (exact) mass is 273 g/mol. The summed E-state index contributed by atoms with van der Waals surface area (Å²) in [6, 6.07) is -0.390. The normalized spacial score (nSPS) is 14.6. The minimum Gasteiger partial charge on any atom is -0.481 e. The fourth-order valence-electron chi connectivity index (χ4n) is 1.77. The number of amides is 1. The van der Waals surface area contributed by atoms with Crippen molar-refractivity contribution in [1.82, 2.24) is 5.32 Å². The largest absolute Gasteiger partial charge is 0.481 e. The molecule has 0 aliphatic rings. The second kappa shape index (κ2) is 8.02. The SMILES string of the molecule is CCCC[C@H](C)[C@H](CC(=O)O)NC(=O)OC(C)(C)C. The number of unbranched alkanes of at least 4 members (excludes halogenated alkanes) is 1. The lowest BCUT2D eigenvalue weighted by molar-refractivity contribution is -0.137. The van der Waals surface area contributed by atoms with E-state index in [0.717, 1.165) is 19.3 Å². The van der Waals surface area contributed by atoms with Crippen LogP contribution in [0.2, 0.25) is 0 Å². The number of carbonyl (C=O) groups is 2. The van der Waals surface area contributed by atoms with Crippen molar-refractivity contribution in [1.29, 1.82) is 0 Å². The number of ether oxygens (including phenoxy) is 1. The van der Waals surface area contributed by atoms with E-state index in [1.165, 1.54) is 0 Å². The molecule has 1 amide bonds. The van der Waals surface area contributed by atoms with E-state index in [2.05, 4.69) is 12.2 Å². The zero-order chi connectivity index (χ0) is 15.1. The Hall–Kier alpha value is -1.26. The van der Waals surface area contributed by atoms with Crippen molar-refractivity contribution in [2.24, 2.45) is 5.92 Å². The molecule has 0 fully saturated rings. The van der Waals surface area contributed by atoms with Crippen molar-refractivity contribution < 1.29 is 19.4 Å². The van der Waals surface area contributed by atoms with Crippen LogP contribution in [0, 0.1) is 5.92 Å². The van der Waals surface area contributed by atoms with Gasteiger partial charge in [-0.25, -0.2) is 4.79 Å². The van der Waals surface area contributed by atoms with Gasteiger partial charge in [0, 0.05) is 6.04 Å². The minimum atomic E-state index is -0.913. The highest BCUT2D eigenvalue weighted by Gasteiger charge is 2.24. The Morgan fingerprint density at radius 3 is 2.32 bits per heavy atom. The van der Waals surface area contributed by atoms with E-state index in [1.807, 2.05) is 6.92 Å². The Bertz CT molecular complexity index is 296. The molecular formula is C14H27NO4. The maximum Gasteiger partial charge on any atom is 0.407 e. The minimum absolute atomic E-state index is 0.0792. The molecule has 5 heteroatoms. The Kier molecular flexibility index (Phi) is 7.49. The van der Waals surface area contributed by atoms with Gasteiger partial charge in [0.1, 0.15) is 5.60 Å². The maximum atomic E-state index is 11.7. The van der Waals surface area contributed by atoms with Gasteiger partial charge in [-0.2, -0.15) is 0 Å². The van der Waals surface area contributed by atoms with E-state index in [1.54, 1.807) is 20.8 Å². The number of carbonyl (C=O) groups excluding carboxylic acids is 1. The highest BCUT2D eigenvalue weighted by molar-refractivity contribution is 5.71. The van der Waals surface area contributed by atoms with Crippen LogP contribution < -0.4 is 5.32 Å². The number of aliphatic carboxylic acids is 1. The van der Waals surface area contributed by atoms with Gasteiger partial charge in [-0.15, -0.1) is 0 Å². The third kappa shape index (κ3) is 9.33. The van der Waals surface area contributed by atoms with Crippen LogP contribution in [0.5, 0.6) is 0 Å². The summed E-state index contributed by atoms with van der Waals surface area (Å²) in [6.45, 7) is 9.37. The van der Waals surface area contributed by atoms with Crippen LogP contribution in [0.1, 0.15) is 60.3 Å². The van der Waals surface area contributed by atoms with Crippen molar-refractivity contribution in [2.45, 2.75) is 71.9 Å². The van der Waals surface area contributed by atoms with E-state index in [0.29, 0.717) is 0 Å². The summed E-state index contributed by atoms with van der Waals surface area (Å²) >= 11 is 0. The van der Waals surface area contributed by atoms with Crippen LogP contribution in [0.3, 0.4) is 0 Å². The van der Waals surface area contributed by atoms with Gasteiger partial charge in [0.2, 0.25) is 0 Å². The molecule has 0 aromatic rings. The van der Waals surface area contributed by atoms with E-state index in [-0.39, 0.29) is 18.4 Å². The zero-order valence-corrected chi connectivity index (χ0v) is 12.7. The van der Waals surface area contributed by atoms with Crippen molar-refractivity contribution in [3.05, 3.63) is 0 Å². The maximum absolute atomic E-state index is 11.7. The first-order valence-corrected chi connectivity index (χ1v) is 6.87. The van der Waals surface area contributed by atoms with Crippen LogP contribution in [-0.4, -0.2) is 28.8 Å². The number of hydrogen-bond donors (Lipinski definition) is 2. The summed E-state index contributed by atoms with van der Waals surface area (Å²) in [5.41, 5.74) is -0.579. The van der Waals surface area contributed by atoms with E-state index < -0.39 is 17.7 Å². The lowest BCUT2D eigenvalue weighted by atomic mass is 9.93. The van der Waals surface area contributed by atoms with Gasteiger partial charge >= 0.3 is 12.1 Å². The highest BCUT2D eigenvalue weighted by Crippen LogP contribution is 2.16. The van der Waals surface area contributed by atoms with Gasteiger partial charge in [0.15, 0.2) is 0 Å². The number of hydrogen-bond acceptors (Lipinski definition) is 3. The van der Waals surface area contributed by atoms with Crippen LogP contribution in [0.15, 0.2) is 0 Å². The molecular weight excluding hydrogens is 246 g/mol. The number of carboxylic acids is 1. The molecule has 0 aromatic carbocycles. The van der Waals surface area contributed by atoms with Gasteiger partial charge in [-0.3, -0.25) is 4.79 Å². The summed E-state index contributed by atoms with van der Waals surface area (Å²) in [5.74, 6) is -0.798. The van der Waals surface area contributed by atoms with Crippen LogP contribution in [0.4, 0.5) is 4.79 Å². The first-order chi connectivity index (χ1) is 8.65. The topological polar surface area (TPSA) is 75.6 Å². The first kappa shape index (κ1) is 17.7. The zero-order valence-electron chi connectivity index (χ0n) is 12.7. The number of carboxylic acid groups (broad SMARTS) is 1. The summed E-state index contributed by atoms with van der Waals surface area (Å²) in [5, 5.41) is 11.6. The summed E-state index contributed by atoms with van der Waals surface area (Å²) in [4.78, 5) is 22.6. The van der Waals surface area contributed by atoms with Crippen LogP contribution >= 0.6 is 0 Å². The lowest BCUT2D eigenvalue weighted by Gasteiger charge is -2.26. The quantitative estimate of drug-likeness (QED) is 0.747. The van der Waals surface area contributed by atoms with Gasteiger partial charge < -0.3 is 15.2 Å². The predicted octanol–water partition coefficient (Wildman–Crippen LogP) is 3.18. The van der Waals surface area contributed by atoms with Gasteiger partial charge in [-0.05, 0) is 33.1 Å². The molecule has 0 radical (unpaired) electrons. The summed E-state index contributed by atoms with van der Waals surface area (Å²) < 4.78 is 5.16. The van der Waals surface area contributed by atoms with Crippen molar-refractivity contribution >= 4 is 12.1 Å². The summed E-state index contributed by atoms with van der Waals surface area (Å²) in [7, 11) is 0. The molecule has 2 atom stereocenters. The predicted molar refractivity (Wildman–Crippen MR) is 74.1 cm³/mol. The smallest absolute Gasteiger partial charge is 0.407 e. The second-order valence-electron chi connectivity index (χ2n) is 5.97. The van der Waals surface area contributed by atoms with Crippen molar-refractivity contribution in [2.75, 3.05) is 0 Å². The van der Waals surface area contributed by atoms with E-state index in [9.17, 15) is 9.59 Å². The van der Waals surface area contributed by atoms with Crippen molar-refractivity contribution in [3.8, 4) is 0 Å².